The van der Waals surface area contributed by atoms with Gasteiger partial charge in [0, 0.05) is 11.3 Å². The standard InChI is InChI=1S/C22H17FN2O4S/c23-15-6-2-1-4-12(15)10-18-24-20-19(14-5-3-7-17(14)30-20)21(26)25(18)11-13-8-9-16(29-13)22(27)28/h1-2,4,6,8-9H,3,5,7,10-11H2,(H,27,28). The number of fused-ring (bicyclic) bond motifs is 3. The van der Waals surface area contributed by atoms with Crippen LogP contribution >= 0.6 is 11.3 Å². The highest BCUT2D eigenvalue weighted by molar-refractivity contribution is 7.18. The number of hydrogen-bond donors (Lipinski definition) is 1. The molecule has 0 saturated heterocycles. The summed E-state index contributed by atoms with van der Waals surface area (Å²) in [6.45, 7) is 0.0312. The third-order valence-electron chi connectivity index (χ3n) is 5.40. The molecule has 8 heteroatoms. The molecule has 1 N–H and O–H groups in total. The predicted molar refractivity (Wildman–Crippen MR) is 110 cm³/mol. The van der Waals surface area contributed by atoms with E-state index in [1.165, 1.54) is 39.0 Å². The molecule has 6 nitrogen and oxygen atoms in total. The van der Waals surface area contributed by atoms with E-state index < -0.39 is 5.97 Å². The Morgan fingerprint density at radius 1 is 1.23 bits per heavy atom. The molecule has 0 radical (unpaired) electrons. The molecule has 0 fully saturated rings. The van der Waals surface area contributed by atoms with E-state index in [9.17, 15) is 14.0 Å². The molecule has 1 aliphatic carbocycles. The van der Waals surface area contributed by atoms with Crippen LogP contribution < -0.4 is 5.56 Å². The Bertz CT molecular complexity index is 1350. The lowest BCUT2D eigenvalue weighted by Gasteiger charge is -2.12. The second-order valence-corrected chi connectivity index (χ2v) is 8.38. The van der Waals surface area contributed by atoms with Gasteiger partial charge in [0.25, 0.3) is 5.56 Å². The molecule has 0 saturated carbocycles. The fourth-order valence-corrected chi connectivity index (χ4v) is 5.23. The Labute approximate surface area is 174 Å². The topological polar surface area (TPSA) is 85.3 Å². The van der Waals surface area contributed by atoms with Crippen molar-refractivity contribution in [2.24, 2.45) is 0 Å². The first kappa shape index (κ1) is 18.7. The van der Waals surface area contributed by atoms with Gasteiger partial charge in [-0.25, -0.2) is 14.2 Å². The van der Waals surface area contributed by atoms with Gasteiger partial charge < -0.3 is 9.52 Å². The Balaban J connectivity index is 1.66. The van der Waals surface area contributed by atoms with Crippen LogP contribution in [0.3, 0.4) is 0 Å². The summed E-state index contributed by atoms with van der Waals surface area (Å²) in [5.41, 5.74) is 1.30. The summed E-state index contributed by atoms with van der Waals surface area (Å²) in [6.07, 6.45) is 2.96. The number of hydrogen-bond acceptors (Lipinski definition) is 5. The van der Waals surface area contributed by atoms with Crippen molar-refractivity contribution in [3.05, 3.63) is 85.9 Å². The second-order valence-electron chi connectivity index (χ2n) is 7.30. The first-order valence-corrected chi connectivity index (χ1v) is 10.4. The number of rotatable bonds is 5. The van der Waals surface area contributed by atoms with Gasteiger partial charge in [-0.1, -0.05) is 18.2 Å². The number of thiophene rings is 1. The first-order valence-electron chi connectivity index (χ1n) is 9.60. The number of carboxylic acid groups (broad SMARTS) is 1. The van der Waals surface area contributed by atoms with Gasteiger partial charge in [-0.3, -0.25) is 9.36 Å². The number of carbonyl (C=O) groups is 1. The summed E-state index contributed by atoms with van der Waals surface area (Å²) < 4.78 is 21.1. The summed E-state index contributed by atoms with van der Waals surface area (Å²) in [7, 11) is 0. The lowest BCUT2D eigenvalue weighted by Crippen LogP contribution is -2.26. The molecule has 3 heterocycles. The molecule has 152 valence electrons. The molecule has 0 unspecified atom stereocenters. The minimum atomic E-state index is -1.18. The van der Waals surface area contributed by atoms with Crippen LogP contribution in [0.1, 0.15) is 44.6 Å². The fourth-order valence-electron chi connectivity index (χ4n) is 3.96. The van der Waals surface area contributed by atoms with E-state index >= 15 is 0 Å². The van der Waals surface area contributed by atoms with Crippen LogP contribution in [0, 0.1) is 5.82 Å². The summed E-state index contributed by atoms with van der Waals surface area (Å²) in [5.74, 6) is -0.982. The zero-order valence-corrected chi connectivity index (χ0v) is 16.7. The maximum absolute atomic E-state index is 14.3. The molecule has 0 aliphatic heterocycles. The van der Waals surface area contributed by atoms with Crippen molar-refractivity contribution in [1.29, 1.82) is 0 Å². The number of halogens is 1. The average Bonchev–Trinajstić information content (AvgIpc) is 3.42. The molecule has 0 bridgehead atoms. The summed E-state index contributed by atoms with van der Waals surface area (Å²) in [6, 6.07) is 9.29. The smallest absolute Gasteiger partial charge is 0.371 e. The Hall–Kier alpha value is -3.26. The predicted octanol–water partition coefficient (Wildman–Crippen LogP) is 4.02. The maximum atomic E-state index is 14.3. The van der Waals surface area contributed by atoms with Crippen molar-refractivity contribution in [1.82, 2.24) is 9.55 Å². The van der Waals surface area contributed by atoms with E-state index in [1.807, 2.05) is 0 Å². The van der Waals surface area contributed by atoms with Gasteiger partial charge in [0.2, 0.25) is 5.76 Å². The summed E-state index contributed by atoms with van der Waals surface area (Å²) in [4.78, 5) is 31.2. The molecule has 30 heavy (non-hydrogen) atoms. The van der Waals surface area contributed by atoms with Gasteiger partial charge >= 0.3 is 5.97 Å². The van der Waals surface area contributed by atoms with Gasteiger partial charge in [0.15, 0.2) is 0 Å². The van der Waals surface area contributed by atoms with Crippen molar-refractivity contribution < 1.29 is 18.7 Å². The van der Waals surface area contributed by atoms with Crippen molar-refractivity contribution in [2.45, 2.75) is 32.2 Å². The van der Waals surface area contributed by atoms with Crippen LogP contribution in [0.15, 0.2) is 45.6 Å². The molecule has 1 aromatic carbocycles. The number of benzene rings is 1. The van der Waals surface area contributed by atoms with E-state index in [-0.39, 0.29) is 30.1 Å². The normalized spacial score (nSPS) is 13.1. The van der Waals surface area contributed by atoms with Crippen LogP contribution in [0.4, 0.5) is 4.39 Å². The van der Waals surface area contributed by atoms with Gasteiger partial charge in [0.05, 0.1) is 11.9 Å². The average molecular weight is 424 g/mol. The fraction of sp³-hybridized carbons (Fsp3) is 0.227. The largest absolute Gasteiger partial charge is 0.475 e. The van der Waals surface area contributed by atoms with Crippen LogP contribution in [0.2, 0.25) is 0 Å². The van der Waals surface area contributed by atoms with Crippen LogP contribution in [0.5, 0.6) is 0 Å². The number of nitrogens with zero attached hydrogens (tertiary/aromatic N) is 2. The Kier molecular flexibility index (Phi) is 4.51. The second kappa shape index (κ2) is 7.21. The lowest BCUT2D eigenvalue weighted by atomic mass is 10.1. The SMILES string of the molecule is O=C(O)c1ccc(Cn2c(Cc3ccccc3F)nc3sc4c(c3c2=O)CCC4)o1. The van der Waals surface area contributed by atoms with Gasteiger partial charge in [-0.05, 0) is 48.6 Å². The van der Waals surface area contributed by atoms with E-state index in [1.54, 1.807) is 18.2 Å². The van der Waals surface area contributed by atoms with Crippen molar-refractivity contribution in [3.63, 3.8) is 0 Å². The molecular formula is C22H17FN2O4S. The number of furan rings is 1. The third kappa shape index (κ3) is 3.13. The monoisotopic (exact) mass is 424 g/mol. The Morgan fingerprint density at radius 2 is 2.07 bits per heavy atom. The van der Waals surface area contributed by atoms with Crippen LogP contribution in [-0.2, 0) is 25.8 Å². The number of carboxylic acids is 1. The quantitative estimate of drug-likeness (QED) is 0.523. The molecule has 5 rings (SSSR count). The molecule has 0 spiro atoms. The minimum absolute atomic E-state index is 0.0312. The van der Waals surface area contributed by atoms with Crippen LogP contribution in [-0.4, -0.2) is 20.6 Å². The van der Waals surface area contributed by atoms with Crippen molar-refractivity contribution in [3.8, 4) is 0 Å². The molecule has 0 atom stereocenters. The van der Waals surface area contributed by atoms with E-state index in [0.717, 1.165) is 24.8 Å². The van der Waals surface area contributed by atoms with E-state index in [0.29, 0.717) is 27.4 Å². The minimum Gasteiger partial charge on any atom is -0.475 e. The number of aromatic carboxylic acids is 1. The lowest BCUT2D eigenvalue weighted by molar-refractivity contribution is 0.0660. The van der Waals surface area contributed by atoms with E-state index in [2.05, 4.69) is 0 Å². The highest BCUT2D eigenvalue weighted by Gasteiger charge is 2.24. The molecular weight excluding hydrogens is 407 g/mol. The molecule has 0 amide bonds. The molecule has 3 aromatic heterocycles. The van der Waals surface area contributed by atoms with Crippen LogP contribution in [0.25, 0.3) is 10.2 Å². The zero-order chi connectivity index (χ0) is 20.8. The Morgan fingerprint density at radius 3 is 2.83 bits per heavy atom. The maximum Gasteiger partial charge on any atom is 0.371 e. The third-order valence-corrected chi connectivity index (χ3v) is 6.58. The van der Waals surface area contributed by atoms with Crippen molar-refractivity contribution in [2.75, 3.05) is 0 Å². The van der Waals surface area contributed by atoms with E-state index in [4.69, 9.17) is 14.5 Å². The van der Waals surface area contributed by atoms with Crippen molar-refractivity contribution >= 4 is 27.5 Å². The number of aryl methyl sites for hydroxylation is 2. The zero-order valence-electron chi connectivity index (χ0n) is 15.9. The van der Waals surface area contributed by atoms with Gasteiger partial charge in [0.1, 0.15) is 22.2 Å². The highest BCUT2D eigenvalue weighted by atomic mass is 32.1. The highest BCUT2D eigenvalue weighted by Crippen LogP contribution is 2.35. The first-order chi connectivity index (χ1) is 14.5. The summed E-state index contributed by atoms with van der Waals surface area (Å²) in [5, 5.41) is 9.72. The van der Waals surface area contributed by atoms with Gasteiger partial charge in [-0.15, -0.1) is 11.3 Å². The summed E-state index contributed by atoms with van der Waals surface area (Å²) >= 11 is 1.53. The number of aromatic nitrogens is 2. The molecule has 4 aromatic rings. The molecule has 1 aliphatic rings. The van der Waals surface area contributed by atoms with Gasteiger partial charge in [-0.2, -0.15) is 0 Å².